The van der Waals surface area contributed by atoms with Gasteiger partial charge in [-0.25, -0.2) is 4.98 Å². The molecule has 11 heteroatoms. The van der Waals surface area contributed by atoms with Crippen molar-refractivity contribution < 1.29 is 4.79 Å². The standard InChI is InChI=1S/C18H19Cl2N5OS3/c1-3-25-15(9-27-8-12-4-5-13(19)6-14(12)20)23-24-18(25)29-10-16(26)22-17-21-11(2)7-28-17/h4-7H,3,8-10H2,1-2H3,(H,21,22,26). The number of carbonyl (C=O) groups excluding carboxylic acids is 1. The van der Waals surface area contributed by atoms with Crippen molar-refractivity contribution in [1.82, 2.24) is 19.7 Å². The number of benzene rings is 1. The van der Waals surface area contributed by atoms with Crippen LogP contribution in [-0.4, -0.2) is 31.4 Å². The Hall–Kier alpha value is -1.26. The lowest BCUT2D eigenvalue weighted by molar-refractivity contribution is -0.113. The van der Waals surface area contributed by atoms with Gasteiger partial charge in [-0.1, -0.05) is 41.0 Å². The van der Waals surface area contributed by atoms with E-state index in [0.717, 1.165) is 34.5 Å². The summed E-state index contributed by atoms with van der Waals surface area (Å²) in [5, 5.41) is 15.9. The summed E-state index contributed by atoms with van der Waals surface area (Å²) >= 11 is 16.7. The lowest BCUT2D eigenvalue weighted by atomic mass is 10.2. The molecule has 29 heavy (non-hydrogen) atoms. The van der Waals surface area contributed by atoms with E-state index in [1.165, 1.54) is 23.1 Å². The average Bonchev–Trinajstić information content (AvgIpc) is 3.27. The topological polar surface area (TPSA) is 72.7 Å². The molecule has 2 heterocycles. The zero-order chi connectivity index (χ0) is 20.8. The number of nitrogens with zero attached hydrogens (tertiary/aromatic N) is 4. The first kappa shape index (κ1) is 22.4. The quantitative estimate of drug-likeness (QED) is 0.399. The molecule has 0 unspecified atom stereocenters. The molecule has 1 aromatic carbocycles. The summed E-state index contributed by atoms with van der Waals surface area (Å²) in [4.78, 5) is 16.4. The van der Waals surface area contributed by atoms with Gasteiger partial charge in [0.25, 0.3) is 0 Å². The fourth-order valence-electron chi connectivity index (χ4n) is 2.44. The zero-order valence-corrected chi connectivity index (χ0v) is 19.8. The maximum atomic E-state index is 12.1. The summed E-state index contributed by atoms with van der Waals surface area (Å²) in [6.07, 6.45) is 0. The molecule has 0 aliphatic rings. The SMILES string of the molecule is CCn1c(CSCc2ccc(Cl)cc2Cl)nnc1SCC(=O)Nc1nc(C)cs1. The summed E-state index contributed by atoms with van der Waals surface area (Å²) in [5.74, 6) is 2.48. The normalized spacial score (nSPS) is 11.0. The van der Waals surface area contributed by atoms with Gasteiger partial charge in [-0.05, 0) is 31.5 Å². The second kappa shape index (κ2) is 10.7. The van der Waals surface area contributed by atoms with Crippen LogP contribution < -0.4 is 5.32 Å². The number of aromatic nitrogens is 4. The average molecular weight is 488 g/mol. The van der Waals surface area contributed by atoms with Crippen molar-refractivity contribution in [2.45, 2.75) is 37.1 Å². The third kappa shape index (κ3) is 6.36. The first-order valence-corrected chi connectivity index (χ1v) is 12.5. The van der Waals surface area contributed by atoms with Crippen LogP contribution >= 0.6 is 58.1 Å². The van der Waals surface area contributed by atoms with E-state index < -0.39 is 0 Å². The van der Waals surface area contributed by atoms with E-state index in [1.807, 2.05) is 35.9 Å². The van der Waals surface area contributed by atoms with Gasteiger partial charge in [0.15, 0.2) is 10.3 Å². The van der Waals surface area contributed by atoms with Crippen LogP contribution in [0, 0.1) is 6.92 Å². The summed E-state index contributed by atoms with van der Waals surface area (Å²) in [6.45, 7) is 4.67. The van der Waals surface area contributed by atoms with E-state index in [-0.39, 0.29) is 11.7 Å². The van der Waals surface area contributed by atoms with E-state index in [1.54, 1.807) is 17.8 Å². The molecule has 0 saturated carbocycles. The molecule has 3 aromatic rings. The molecular formula is C18H19Cl2N5OS3. The minimum absolute atomic E-state index is 0.108. The van der Waals surface area contributed by atoms with Gasteiger partial charge in [0.1, 0.15) is 5.82 Å². The van der Waals surface area contributed by atoms with Crippen molar-refractivity contribution in [3.05, 3.63) is 50.7 Å². The fourth-order valence-corrected chi connectivity index (χ4v) is 5.49. The number of carbonyl (C=O) groups is 1. The molecular weight excluding hydrogens is 469 g/mol. The van der Waals surface area contributed by atoms with Crippen LogP contribution in [-0.2, 0) is 22.8 Å². The second-order valence-electron chi connectivity index (χ2n) is 6.00. The van der Waals surface area contributed by atoms with Gasteiger partial charge in [0.2, 0.25) is 5.91 Å². The van der Waals surface area contributed by atoms with E-state index in [9.17, 15) is 4.79 Å². The third-order valence-electron chi connectivity index (χ3n) is 3.81. The maximum Gasteiger partial charge on any atom is 0.236 e. The van der Waals surface area contributed by atoms with Crippen LogP contribution in [0.3, 0.4) is 0 Å². The molecule has 0 fully saturated rings. The highest BCUT2D eigenvalue weighted by atomic mass is 35.5. The fraction of sp³-hybridized carbons (Fsp3) is 0.333. The number of rotatable bonds is 9. The van der Waals surface area contributed by atoms with Gasteiger partial charge in [0, 0.05) is 27.7 Å². The second-order valence-corrected chi connectivity index (χ2v) is 9.63. The molecule has 0 aliphatic carbocycles. The van der Waals surface area contributed by atoms with Gasteiger partial charge in [-0.2, -0.15) is 0 Å². The van der Waals surface area contributed by atoms with Crippen LogP contribution in [0.2, 0.25) is 10.0 Å². The number of nitrogens with one attached hydrogen (secondary N) is 1. The van der Waals surface area contributed by atoms with Gasteiger partial charge in [0.05, 0.1) is 17.2 Å². The maximum absolute atomic E-state index is 12.1. The Bertz CT molecular complexity index is 992. The van der Waals surface area contributed by atoms with Crippen molar-refractivity contribution in [1.29, 1.82) is 0 Å². The van der Waals surface area contributed by atoms with E-state index in [0.29, 0.717) is 20.9 Å². The minimum atomic E-state index is -0.108. The third-order valence-corrected chi connectivity index (χ3v) is 7.22. The number of aryl methyl sites for hydroxylation is 1. The predicted octanol–water partition coefficient (Wildman–Crippen LogP) is 5.53. The van der Waals surface area contributed by atoms with Crippen LogP contribution in [0.4, 0.5) is 5.13 Å². The highest BCUT2D eigenvalue weighted by Crippen LogP contribution is 2.27. The lowest BCUT2D eigenvalue weighted by Gasteiger charge is -2.08. The molecule has 154 valence electrons. The van der Waals surface area contributed by atoms with E-state index in [4.69, 9.17) is 23.2 Å². The monoisotopic (exact) mass is 487 g/mol. The van der Waals surface area contributed by atoms with Crippen LogP contribution in [0.15, 0.2) is 28.7 Å². The Morgan fingerprint density at radius 1 is 1.28 bits per heavy atom. The molecule has 0 radical (unpaired) electrons. The predicted molar refractivity (Wildman–Crippen MR) is 123 cm³/mol. The van der Waals surface area contributed by atoms with Crippen molar-refractivity contribution in [3.63, 3.8) is 0 Å². The molecule has 0 atom stereocenters. The Kier molecular flexibility index (Phi) is 8.25. The first-order chi connectivity index (χ1) is 14.0. The van der Waals surface area contributed by atoms with Crippen LogP contribution in [0.25, 0.3) is 0 Å². The highest BCUT2D eigenvalue weighted by molar-refractivity contribution is 7.99. The number of hydrogen-bond donors (Lipinski definition) is 1. The molecule has 0 spiro atoms. The Morgan fingerprint density at radius 3 is 2.79 bits per heavy atom. The summed E-state index contributed by atoms with van der Waals surface area (Å²) in [6, 6.07) is 5.52. The smallest absolute Gasteiger partial charge is 0.236 e. The van der Waals surface area contributed by atoms with Crippen LogP contribution in [0.1, 0.15) is 24.0 Å². The van der Waals surface area contributed by atoms with Crippen molar-refractivity contribution in [2.75, 3.05) is 11.1 Å². The highest BCUT2D eigenvalue weighted by Gasteiger charge is 2.14. The number of thiazole rings is 1. The minimum Gasteiger partial charge on any atom is -0.306 e. The Morgan fingerprint density at radius 2 is 2.10 bits per heavy atom. The van der Waals surface area contributed by atoms with Crippen LogP contribution in [0.5, 0.6) is 0 Å². The zero-order valence-electron chi connectivity index (χ0n) is 15.8. The first-order valence-electron chi connectivity index (χ1n) is 8.74. The molecule has 1 amide bonds. The van der Waals surface area contributed by atoms with E-state index >= 15 is 0 Å². The molecule has 1 N–H and O–H groups in total. The van der Waals surface area contributed by atoms with Crippen molar-refractivity contribution in [2.24, 2.45) is 0 Å². The van der Waals surface area contributed by atoms with E-state index in [2.05, 4.69) is 20.5 Å². The Balaban J connectivity index is 1.53. The number of amides is 1. The number of thioether (sulfide) groups is 2. The largest absolute Gasteiger partial charge is 0.306 e. The number of hydrogen-bond acceptors (Lipinski definition) is 7. The van der Waals surface area contributed by atoms with Gasteiger partial charge in [-0.3, -0.25) is 4.79 Å². The molecule has 0 aliphatic heterocycles. The molecule has 2 aromatic heterocycles. The van der Waals surface area contributed by atoms with Crippen molar-refractivity contribution >= 4 is 69.1 Å². The Labute approximate surface area is 191 Å². The summed E-state index contributed by atoms with van der Waals surface area (Å²) in [7, 11) is 0. The molecule has 3 rings (SSSR count). The van der Waals surface area contributed by atoms with Gasteiger partial charge in [-0.15, -0.1) is 33.3 Å². The molecule has 0 saturated heterocycles. The molecule has 6 nitrogen and oxygen atoms in total. The van der Waals surface area contributed by atoms with Gasteiger partial charge >= 0.3 is 0 Å². The molecule has 0 bridgehead atoms. The van der Waals surface area contributed by atoms with Crippen molar-refractivity contribution in [3.8, 4) is 0 Å². The lowest BCUT2D eigenvalue weighted by Crippen LogP contribution is -2.14. The number of halogens is 2. The summed E-state index contributed by atoms with van der Waals surface area (Å²) < 4.78 is 2.03. The summed E-state index contributed by atoms with van der Waals surface area (Å²) in [5.41, 5.74) is 1.93. The number of anilines is 1. The van der Waals surface area contributed by atoms with Gasteiger partial charge < -0.3 is 9.88 Å².